The maximum Gasteiger partial charge on any atom is 0.356 e. The average Bonchev–Trinajstić information content (AvgIpc) is 2.70. The van der Waals surface area contributed by atoms with E-state index in [0.29, 0.717) is 5.02 Å². The molecule has 12 heteroatoms. The number of nitrogens with zero attached hydrogens (tertiary/aromatic N) is 2. The van der Waals surface area contributed by atoms with Crippen molar-refractivity contribution >= 4 is 75.8 Å². The number of amides is 4. The Balaban J connectivity index is 0.000000473. The van der Waals surface area contributed by atoms with Gasteiger partial charge in [0, 0.05) is 44.6 Å². The van der Waals surface area contributed by atoms with E-state index in [1.165, 1.54) is 9.80 Å². The number of carbonyl (C=O) groups excluding carboxylic acids is 2. The van der Waals surface area contributed by atoms with E-state index < -0.39 is 9.76 Å². The second-order valence-electron chi connectivity index (χ2n) is 6.32. The molecule has 3 N–H and O–H groups in total. The number of aliphatic carboxylic acids is 1. The summed E-state index contributed by atoms with van der Waals surface area (Å²) in [6.07, 6.45) is 0. The summed E-state index contributed by atoms with van der Waals surface area (Å²) >= 11 is 20.1. The molecule has 2 aromatic rings. The fourth-order valence-corrected chi connectivity index (χ4v) is 1.65. The fraction of sp³-hybridized carbons (Fsp3) is 0.250. The SMILES string of the molecule is CN(C)C(=O)Nc1ccc(Cl)cc1.CN(C)C(=O)Nc1ccccc1.O=C(O)C(Cl)(Cl)Cl. The van der Waals surface area contributed by atoms with Crippen molar-refractivity contribution in [2.75, 3.05) is 38.8 Å². The van der Waals surface area contributed by atoms with E-state index >= 15 is 0 Å². The van der Waals surface area contributed by atoms with Crippen LogP contribution in [0.5, 0.6) is 0 Å². The molecule has 0 saturated heterocycles. The van der Waals surface area contributed by atoms with Gasteiger partial charge in [-0.2, -0.15) is 0 Å². The minimum atomic E-state index is -2.17. The van der Waals surface area contributed by atoms with E-state index in [0.717, 1.165) is 11.4 Å². The highest BCUT2D eigenvalue weighted by Crippen LogP contribution is 2.25. The number of para-hydroxylation sites is 1. The number of hydrogen-bond acceptors (Lipinski definition) is 3. The highest BCUT2D eigenvalue weighted by Gasteiger charge is 2.29. The third kappa shape index (κ3) is 13.8. The van der Waals surface area contributed by atoms with Gasteiger partial charge < -0.3 is 25.5 Å². The molecule has 0 heterocycles. The van der Waals surface area contributed by atoms with Crippen molar-refractivity contribution in [3.05, 3.63) is 59.6 Å². The van der Waals surface area contributed by atoms with Crippen LogP contribution in [0.4, 0.5) is 21.0 Å². The predicted molar refractivity (Wildman–Crippen MR) is 131 cm³/mol. The van der Waals surface area contributed by atoms with Gasteiger partial charge in [-0.15, -0.1) is 0 Å². The maximum absolute atomic E-state index is 11.2. The summed E-state index contributed by atoms with van der Waals surface area (Å²) in [4.78, 5) is 34.9. The lowest BCUT2D eigenvalue weighted by Crippen LogP contribution is -2.27. The number of alkyl halides is 3. The van der Waals surface area contributed by atoms with Crippen LogP contribution in [0, 0.1) is 0 Å². The zero-order valence-corrected chi connectivity index (χ0v) is 20.8. The summed E-state index contributed by atoms with van der Waals surface area (Å²) in [7, 11) is 6.78. The van der Waals surface area contributed by atoms with Gasteiger partial charge in [0.15, 0.2) is 0 Å². The van der Waals surface area contributed by atoms with Crippen LogP contribution in [0.2, 0.25) is 5.02 Å². The van der Waals surface area contributed by atoms with Crippen molar-refractivity contribution in [3.63, 3.8) is 0 Å². The lowest BCUT2D eigenvalue weighted by Gasteiger charge is -2.11. The molecule has 0 bridgehead atoms. The molecular formula is C20H24Cl4N4O4. The van der Waals surface area contributed by atoms with Gasteiger partial charge >= 0.3 is 18.0 Å². The second-order valence-corrected chi connectivity index (χ2v) is 9.04. The van der Waals surface area contributed by atoms with Crippen molar-refractivity contribution in [3.8, 4) is 0 Å². The molecule has 0 saturated carbocycles. The minimum absolute atomic E-state index is 0.110. The van der Waals surface area contributed by atoms with Crippen LogP contribution in [-0.2, 0) is 4.79 Å². The van der Waals surface area contributed by atoms with Crippen LogP contribution < -0.4 is 10.6 Å². The molecule has 0 aliphatic heterocycles. The van der Waals surface area contributed by atoms with Crippen molar-refractivity contribution in [1.29, 1.82) is 0 Å². The van der Waals surface area contributed by atoms with Gasteiger partial charge in [0.1, 0.15) is 0 Å². The van der Waals surface area contributed by atoms with Crippen LogP contribution in [0.15, 0.2) is 54.6 Å². The average molecular weight is 526 g/mol. The van der Waals surface area contributed by atoms with Gasteiger partial charge in [0.25, 0.3) is 3.79 Å². The van der Waals surface area contributed by atoms with Gasteiger partial charge in [-0.1, -0.05) is 64.6 Å². The quantitative estimate of drug-likeness (QED) is 0.440. The van der Waals surface area contributed by atoms with Crippen LogP contribution >= 0.6 is 46.4 Å². The molecule has 0 fully saturated rings. The number of urea groups is 2. The smallest absolute Gasteiger partial charge is 0.356 e. The van der Waals surface area contributed by atoms with E-state index in [-0.39, 0.29) is 12.1 Å². The minimum Gasteiger partial charge on any atom is -0.478 e. The van der Waals surface area contributed by atoms with Crippen molar-refractivity contribution < 1.29 is 19.5 Å². The van der Waals surface area contributed by atoms with Crippen molar-refractivity contribution in [2.24, 2.45) is 0 Å². The highest BCUT2D eigenvalue weighted by atomic mass is 35.6. The van der Waals surface area contributed by atoms with E-state index in [1.54, 1.807) is 52.5 Å². The third-order valence-corrected chi connectivity index (χ3v) is 3.91. The molecule has 0 radical (unpaired) electrons. The third-order valence-electron chi connectivity index (χ3n) is 3.18. The first kappa shape index (κ1) is 29.6. The summed E-state index contributed by atoms with van der Waals surface area (Å²) in [6.45, 7) is 0. The molecule has 0 aliphatic rings. The molecule has 0 spiro atoms. The van der Waals surface area contributed by atoms with Crippen LogP contribution in [0.25, 0.3) is 0 Å². The maximum atomic E-state index is 11.2. The lowest BCUT2D eigenvalue weighted by atomic mass is 10.3. The molecule has 2 aromatic carbocycles. The van der Waals surface area contributed by atoms with E-state index in [1.807, 2.05) is 30.3 Å². The van der Waals surface area contributed by atoms with Crippen molar-refractivity contribution in [2.45, 2.75) is 3.79 Å². The molecule has 0 atom stereocenters. The number of halogens is 4. The predicted octanol–water partition coefficient (Wildman–Crippen LogP) is 5.65. The van der Waals surface area contributed by atoms with Gasteiger partial charge in [-0.3, -0.25) is 0 Å². The van der Waals surface area contributed by atoms with E-state index in [2.05, 4.69) is 10.6 Å². The summed E-state index contributed by atoms with van der Waals surface area (Å²) in [5.41, 5.74) is 1.55. The molecule has 4 amide bonds. The molecule has 32 heavy (non-hydrogen) atoms. The summed E-state index contributed by atoms with van der Waals surface area (Å²) < 4.78 is -2.17. The number of nitrogens with one attached hydrogen (secondary N) is 2. The number of benzene rings is 2. The number of carbonyl (C=O) groups is 3. The van der Waals surface area contributed by atoms with E-state index in [4.69, 9.17) is 51.5 Å². The Kier molecular flexibility index (Phi) is 13.5. The fourth-order valence-electron chi connectivity index (χ4n) is 1.53. The van der Waals surface area contributed by atoms with Gasteiger partial charge in [0.2, 0.25) is 0 Å². The largest absolute Gasteiger partial charge is 0.478 e. The first-order chi connectivity index (χ1) is 14.7. The topological polar surface area (TPSA) is 102 Å². The van der Waals surface area contributed by atoms with Crippen LogP contribution in [0.1, 0.15) is 0 Å². The number of anilines is 2. The molecule has 8 nitrogen and oxygen atoms in total. The molecule has 0 unspecified atom stereocenters. The molecule has 2 rings (SSSR count). The molecular weight excluding hydrogens is 502 g/mol. The zero-order chi connectivity index (χ0) is 24.9. The summed E-state index contributed by atoms with van der Waals surface area (Å²) in [6, 6.07) is 16.1. The van der Waals surface area contributed by atoms with Crippen LogP contribution in [0.3, 0.4) is 0 Å². The standard InChI is InChI=1S/C9H11ClN2O.C9H12N2O.C2HCl3O2/c1-12(2)9(13)11-8-5-3-7(10)4-6-8;1-11(2)9(12)10-8-6-4-3-5-7-8;3-2(4,5)1(6)7/h3-6H,1-2H3,(H,11,13);3-7H,1-2H3,(H,10,12);(H,6,7). The lowest BCUT2D eigenvalue weighted by molar-refractivity contribution is -0.135. The Bertz CT molecular complexity index is 858. The Labute approximate surface area is 207 Å². The zero-order valence-electron chi connectivity index (χ0n) is 17.8. The first-order valence-corrected chi connectivity index (χ1v) is 10.3. The van der Waals surface area contributed by atoms with Gasteiger partial charge in [-0.05, 0) is 36.4 Å². The number of carboxylic acid groups (broad SMARTS) is 1. The monoisotopic (exact) mass is 524 g/mol. The Morgan fingerprint density at radius 1 is 0.750 bits per heavy atom. The first-order valence-electron chi connectivity index (χ1n) is 8.81. The number of rotatable bonds is 2. The van der Waals surface area contributed by atoms with Crippen LogP contribution in [-0.4, -0.2) is 64.9 Å². The molecule has 0 aliphatic carbocycles. The summed E-state index contributed by atoms with van der Waals surface area (Å²) in [5, 5.41) is 13.9. The molecule has 0 aromatic heterocycles. The Morgan fingerprint density at radius 3 is 1.41 bits per heavy atom. The highest BCUT2D eigenvalue weighted by molar-refractivity contribution is 6.75. The van der Waals surface area contributed by atoms with Gasteiger partial charge in [-0.25, -0.2) is 14.4 Å². The Morgan fingerprint density at radius 2 is 1.09 bits per heavy atom. The van der Waals surface area contributed by atoms with Gasteiger partial charge in [0.05, 0.1) is 0 Å². The van der Waals surface area contributed by atoms with Crippen molar-refractivity contribution in [1.82, 2.24) is 9.80 Å². The normalized spacial score (nSPS) is 9.75. The number of carboxylic acids is 1. The van der Waals surface area contributed by atoms with E-state index in [9.17, 15) is 14.4 Å². The number of hydrogen-bond donors (Lipinski definition) is 3. The Hall–Kier alpha value is -2.39. The molecule has 176 valence electrons. The summed E-state index contributed by atoms with van der Waals surface area (Å²) in [5.74, 6) is -1.46. The second kappa shape index (κ2) is 14.6.